The summed E-state index contributed by atoms with van der Waals surface area (Å²) in [6.45, 7) is 1.84. The molecule has 0 bridgehead atoms. The summed E-state index contributed by atoms with van der Waals surface area (Å²) in [6.07, 6.45) is 0. The topological polar surface area (TPSA) is 67.4 Å². The van der Waals surface area contributed by atoms with Crippen LogP contribution in [0.5, 0.6) is 5.75 Å². The maximum atomic E-state index is 13.6. The van der Waals surface area contributed by atoms with Gasteiger partial charge in [-0.2, -0.15) is 0 Å². The Morgan fingerprint density at radius 2 is 1.93 bits per heavy atom. The number of thiophene rings is 1. The fraction of sp³-hybridized carbons (Fsp3) is 0.143. The van der Waals surface area contributed by atoms with Crippen molar-refractivity contribution in [2.75, 3.05) is 11.9 Å². The van der Waals surface area contributed by atoms with E-state index >= 15 is 0 Å². The second-order valence-electron chi connectivity index (χ2n) is 6.24. The molecule has 0 saturated heterocycles. The molecule has 150 valence electrons. The standard InChI is InChI=1S/C21H18ClFN2O3S/c1-13(12-28-18-6-3-2-5-16(18)23)24-20(26)14-8-9-15(22)17(11-14)25-21(27)19-7-4-10-29-19/h2-11,13H,12H2,1H3,(H,24,26)(H,25,27). The molecule has 5 nitrogen and oxygen atoms in total. The smallest absolute Gasteiger partial charge is 0.265 e. The number of benzene rings is 2. The van der Waals surface area contributed by atoms with Crippen LogP contribution in [0.4, 0.5) is 10.1 Å². The minimum Gasteiger partial charge on any atom is -0.488 e. The molecular formula is C21H18ClFN2O3S. The molecular weight excluding hydrogens is 415 g/mol. The van der Waals surface area contributed by atoms with Crippen LogP contribution in [-0.4, -0.2) is 24.5 Å². The summed E-state index contributed by atoms with van der Waals surface area (Å²) < 4.78 is 19.0. The molecule has 2 N–H and O–H groups in total. The number of amides is 2. The van der Waals surface area contributed by atoms with Crippen molar-refractivity contribution in [2.45, 2.75) is 13.0 Å². The van der Waals surface area contributed by atoms with Gasteiger partial charge < -0.3 is 15.4 Å². The average Bonchev–Trinajstić information content (AvgIpc) is 3.24. The number of nitrogens with one attached hydrogen (secondary N) is 2. The molecule has 0 fully saturated rings. The van der Waals surface area contributed by atoms with Crippen molar-refractivity contribution in [3.05, 3.63) is 81.3 Å². The van der Waals surface area contributed by atoms with Crippen molar-refractivity contribution >= 4 is 40.4 Å². The quantitative estimate of drug-likeness (QED) is 0.552. The maximum Gasteiger partial charge on any atom is 0.265 e. The van der Waals surface area contributed by atoms with Crippen LogP contribution in [0.15, 0.2) is 60.0 Å². The number of para-hydroxylation sites is 1. The van der Waals surface area contributed by atoms with Gasteiger partial charge in [-0.1, -0.05) is 29.8 Å². The van der Waals surface area contributed by atoms with E-state index in [9.17, 15) is 14.0 Å². The normalized spacial score (nSPS) is 11.6. The third-order valence-electron chi connectivity index (χ3n) is 3.92. The van der Waals surface area contributed by atoms with Crippen LogP contribution in [0.2, 0.25) is 5.02 Å². The van der Waals surface area contributed by atoms with Crippen LogP contribution in [0, 0.1) is 5.82 Å². The van der Waals surface area contributed by atoms with Gasteiger partial charge in [0.25, 0.3) is 11.8 Å². The zero-order valence-electron chi connectivity index (χ0n) is 15.4. The molecule has 0 spiro atoms. The minimum absolute atomic E-state index is 0.0994. The van der Waals surface area contributed by atoms with Gasteiger partial charge in [0.05, 0.1) is 21.6 Å². The van der Waals surface area contributed by atoms with Gasteiger partial charge in [-0.15, -0.1) is 11.3 Å². The molecule has 1 heterocycles. The van der Waals surface area contributed by atoms with E-state index in [2.05, 4.69) is 10.6 Å². The number of rotatable bonds is 7. The average molecular weight is 433 g/mol. The van der Waals surface area contributed by atoms with Crippen molar-refractivity contribution < 1.29 is 18.7 Å². The van der Waals surface area contributed by atoms with Crippen LogP contribution in [0.25, 0.3) is 0 Å². The molecule has 2 amide bonds. The SMILES string of the molecule is CC(COc1ccccc1F)NC(=O)c1ccc(Cl)c(NC(=O)c2cccs2)c1. The number of ether oxygens (including phenoxy) is 1. The molecule has 8 heteroatoms. The van der Waals surface area contributed by atoms with E-state index in [1.165, 1.54) is 29.5 Å². The van der Waals surface area contributed by atoms with Crippen molar-refractivity contribution in [3.8, 4) is 5.75 Å². The van der Waals surface area contributed by atoms with E-state index in [1.54, 1.807) is 48.7 Å². The van der Waals surface area contributed by atoms with Crippen LogP contribution in [0.1, 0.15) is 27.0 Å². The Hall–Kier alpha value is -2.90. The molecule has 1 aromatic heterocycles. The second-order valence-corrected chi connectivity index (χ2v) is 7.60. The molecule has 1 unspecified atom stereocenters. The van der Waals surface area contributed by atoms with Crippen molar-refractivity contribution in [2.24, 2.45) is 0 Å². The molecule has 0 aliphatic rings. The number of halogens is 2. The fourth-order valence-corrected chi connectivity index (χ4v) is 3.26. The van der Waals surface area contributed by atoms with Gasteiger partial charge in [0.2, 0.25) is 0 Å². The Bertz CT molecular complexity index is 1010. The highest BCUT2D eigenvalue weighted by Gasteiger charge is 2.15. The zero-order chi connectivity index (χ0) is 20.8. The first-order valence-corrected chi connectivity index (χ1v) is 10.0. The minimum atomic E-state index is -0.463. The molecule has 0 radical (unpaired) electrons. The Morgan fingerprint density at radius 1 is 1.14 bits per heavy atom. The van der Waals surface area contributed by atoms with Crippen molar-refractivity contribution in [1.29, 1.82) is 0 Å². The Balaban J connectivity index is 1.61. The van der Waals surface area contributed by atoms with E-state index in [0.717, 1.165) is 0 Å². The second kappa shape index (κ2) is 9.54. The molecule has 29 heavy (non-hydrogen) atoms. The highest BCUT2D eigenvalue weighted by Crippen LogP contribution is 2.24. The van der Waals surface area contributed by atoms with Gasteiger partial charge in [0.1, 0.15) is 6.61 Å². The van der Waals surface area contributed by atoms with Crippen LogP contribution in [0.3, 0.4) is 0 Å². The Labute approximate surface area is 176 Å². The first-order valence-electron chi connectivity index (χ1n) is 8.76. The van der Waals surface area contributed by atoms with Crippen molar-refractivity contribution in [1.82, 2.24) is 5.32 Å². The van der Waals surface area contributed by atoms with Gasteiger partial charge in [-0.25, -0.2) is 4.39 Å². The van der Waals surface area contributed by atoms with E-state index in [4.69, 9.17) is 16.3 Å². The molecule has 2 aromatic carbocycles. The summed E-state index contributed by atoms with van der Waals surface area (Å²) in [7, 11) is 0. The summed E-state index contributed by atoms with van der Waals surface area (Å²) in [5.41, 5.74) is 0.668. The lowest BCUT2D eigenvalue weighted by atomic mass is 10.1. The lowest BCUT2D eigenvalue weighted by Crippen LogP contribution is -2.36. The van der Waals surface area contributed by atoms with Gasteiger partial charge in [-0.3, -0.25) is 9.59 Å². The monoisotopic (exact) mass is 432 g/mol. The third kappa shape index (κ3) is 5.56. The molecule has 0 saturated carbocycles. The fourth-order valence-electron chi connectivity index (χ4n) is 2.48. The Kier molecular flexibility index (Phi) is 6.85. The molecule has 0 aliphatic heterocycles. The van der Waals surface area contributed by atoms with E-state index in [0.29, 0.717) is 21.2 Å². The van der Waals surface area contributed by atoms with Gasteiger partial charge in [0.15, 0.2) is 11.6 Å². The van der Waals surface area contributed by atoms with E-state index < -0.39 is 5.82 Å². The lowest BCUT2D eigenvalue weighted by Gasteiger charge is -2.16. The maximum absolute atomic E-state index is 13.6. The van der Waals surface area contributed by atoms with Gasteiger partial charge >= 0.3 is 0 Å². The van der Waals surface area contributed by atoms with Gasteiger partial charge in [-0.05, 0) is 48.7 Å². The zero-order valence-corrected chi connectivity index (χ0v) is 17.0. The molecule has 0 aliphatic carbocycles. The predicted molar refractivity (Wildman–Crippen MR) is 113 cm³/mol. The summed E-state index contributed by atoms with van der Waals surface area (Å²) in [6, 6.07) is 13.8. The molecule has 1 atom stereocenters. The summed E-state index contributed by atoms with van der Waals surface area (Å²) in [5.74, 6) is -1.00. The van der Waals surface area contributed by atoms with Crippen LogP contribution in [-0.2, 0) is 0 Å². The van der Waals surface area contributed by atoms with Crippen LogP contribution >= 0.6 is 22.9 Å². The number of carbonyl (C=O) groups is 2. The Morgan fingerprint density at radius 3 is 2.66 bits per heavy atom. The highest BCUT2D eigenvalue weighted by molar-refractivity contribution is 7.12. The summed E-state index contributed by atoms with van der Waals surface area (Å²) in [4.78, 5) is 25.3. The third-order valence-corrected chi connectivity index (χ3v) is 5.12. The highest BCUT2D eigenvalue weighted by atomic mass is 35.5. The van der Waals surface area contributed by atoms with E-state index in [1.807, 2.05) is 0 Å². The molecule has 3 aromatic rings. The molecule has 3 rings (SSSR count). The van der Waals surface area contributed by atoms with Crippen LogP contribution < -0.4 is 15.4 Å². The van der Waals surface area contributed by atoms with Gasteiger partial charge in [0, 0.05) is 5.56 Å². The number of anilines is 1. The number of carbonyl (C=O) groups excluding carboxylic acids is 2. The van der Waals surface area contributed by atoms with E-state index in [-0.39, 0.29) is 30.2 Å². The summed E-state index contributed by atoms with van der Waals surface area (Å²) >= 11 is 7.45. The number of hydrogen-bond donors (Lipinski definition) is 2. The van der Waals surface area contributed by atoms with Crippen molar-refractivity contribution in [3.63, 3.8) is 0 Å². The lowest BCUT2D eigenvalue weighted by molar-refractivity contribution is 0.0925. The number of hydrogen-bond acceptors (Lipinski definition) is 4. The summed E-state index contributed by atoms with van der Waals surface area (Å²) in [5, 5.41) is 7.60. The predicted octanol–water partition coefficient (Wildman–Crippen LogP) is 4.99. The first kappa shape index (κ1) is 20.8. The first-order chi connectivity index (χ1) is 13.9. The largest absolute Gasteiger partial charge is 0.488 e.